The summed E-state index contributed by atoms with van der Waals surface area (Å²) in [5.74, 6) is 0. The van der Waals surface area contributed by atoms with Crippen molar-refractivity contribution in [3.05, 3.63) is 259 Å². The third-order valence-electron chi connectivity index (χ3n) is 12.3. The van der Waals surface area contributed by atoms with E-state index in [0.717, 1.165) is 87.3 Å². The van der Waals surface area contributed by atoms with E-state index in [1.54, 1.807) is 0 Å². The molecule has 3 aromatic heterocycles. The first-order valence-electron chi connectivity index (χ1n) is 22.5. The lowest BCUT2D eigenvalue weighted by atomic mass is 9.86. The highest BCUT2D eigenvalue weighted by Crippen LogP contribution is 2.41. The second kappa shape index (κ2) is 19.5. The molecule has 10 rings (SSSR count). The Morgan fingerprint density at radius 2 is 0.697 bits per heavy atom. The van der Waals surface area contributed by atoms with Crippen LogP contribution >= 0.6 is 0 Å². The molecule has 0 radical (unpaired) electrons. The molecular weight excluding hydrogens is 801 g/mol. The van der Waals surface area contributed by atoms with Crippen molar-refractivity contribution >= 4 is 0 Å². The molecule has 0 spiro atoms. The third kappa shape index (κ3) is 9.53. The van der Waals surface area contributed by atoms with Crippen molar-refractivity contribution in [1.29, 1.82) is 5.26 Å². The molecular formula is C62H46N4. The van der Waals surface area contributed by atoms with Gasteiger partial charge >= 0.3 is 0 Å². The lowest BCUT2D eigenvalue weighted by Gasteiger charge is -2.18. The number of pyridine rings is 3. The Morgan fingerprint density at radius 1 is 0.288 bits per heavy atom. The molecule has 0 bridgehead atoms. The summed E-state index contributed by atoms with van der Waals surface area (Å²) in [5.41, 5.74) is 21.3. The highest BCUT2D eigenvalue weighted by molar-refractivity contribution is 5.93. The van der Waals surface area contributed by atoms with Crippen LogP contribution in [0.2, 0.25) is 0 Å². The van der Waals surface area contributed by atoms with E-state index in [4.69, 9.17) is 4.98 Å². The molecule has 0 aliphatic rings. The minimum absolute atomic E-state index is 0.654. The maximum absolute atomic E-state index is 9.36. The van der Waals surface area contributed by atoms with E-state index < -0.39 is 0 Å². The van der Waals surface area contributed by atoms with Crippen LogP contribution in [0.1, 0.15) is 27.8 Å². The van der Waals surface area contributed by atoms with Gasteiger partial charge in [-0.25, -0.2) is 0 Å². The summed E-state index contributed by atoms with van der Waals surface area (Å²) in [4.78, 5) is 13.8. The number of nitriles is 1. The fraction of sp³-hybridized carbons (Fsp3) is 0.0645. The molecule has 0 aliphatic heterocycles. The standard InChI is InChI=1S/C62H46N4/c63-43-46-22-24-49(25-23-46)50-30-32-51(33-31-50)59-42-54(62-13-5-8-38-66-62)34-35-58(59)57-10-2-1-9-56(57)55-40-47(16-14-44-18-26-52(27-19-44)60-11-3-6-36-64-60)39-48(41-55)17-15-45-20-28-53(29-21-45)61-12-4-7-37-65-61/h1-13,18-42H,14-17H2. The number of aromatic nitrogens is 3. The van der Waals surface area contributed by atoms with E-state index in [1.807, 2.05) is 79.3 Å². The molecule has 314 valence electrons. The van der Waals surface area contributed by atoms with E-state index in [-0.39, 0.29) is 0 Å². The van der Waals surface area contributed by atoms with Gasteiger partial charge in [0.25, 0.3) is 0 Å². The molecule has 0 N–H and O–H groups in total. The first-order chi connectivity index (χ1) is 32.6. The Balaban J connectivity index is 1.01. The van der Waals surface area contributed by atoms with Crippen LogP contribution in [0.25, 0.3) is 78.3 Å². The van der Waals surface area contributed by atoms with Crippen LogP contribution in [0, 0.1) is 11.3 Å². The van der Waals surface area contributed by atoms with Crippen molar-refractivity contribution in [1.82, 2.24) is 15.0 Å². The third-order valence-corrected chi connectivity index (χ3v) is 12.3. The van der Waals surface area contributed by atoms with Crippen LogP contribution in [0.5, 0.6) is 0 Å². The molecule has 66 heavy (non-hydrogen) atoms. The van der Waals surface area contributed by atoms with E-state index in [9.17, 15) is 5.26 Å². The molecule has 3 heterocycles. The maximum Gasteiger partial charge on any atom is 0.0991 e. The van der Waals surface area contributed by atoms with Gasteiger partial charge in [-0.05, 0) is 147 Å². The molecule has 0 unspecified atom stereocenters. The average molecular weight is 847 g/mol. The van der Waals surface area contributed by atoms with Gasteiger partial charge in [0.1, 0.15) is 0 Å². The quantitative estimate of drug-likeness (QED) is 0.116. The van der Waals surface area contributed by atoms with Crippen molar-refractivity contribution in [3.63, 3.8) is 0 Å². The molecule has 0 atom stereocenters. The molecule has 0 amide bonds. The second-order valence-corrected chi connectivity index (χ2v) is 16.6. The van der Waals surface area contributed by atoms with E-state index >= 15 is 0 Å². The number of nitrogens with zero attached hydrogens (tertiary/aromatic N) is 4. The SMILES string of the molecule is N#Cc1ccc(-c2ccc(-c3cc(-c4ccccn4)ccc3-c3ccccc3-c3cc(CCc4ccc(-c5ccccn5)cc4)cc(CCc4ccc(-c5ccccn5)cc4)c3)cc2)cc1. The number of hydrogen-bond acceptors (Lipinski definition) is 4. The van der Waals surface area contributed by atoms with Gasteiger partial charge in [-0.1, -0.05) is 158 Å². The van der Waals surface area contributed by atoms with Crippen molar-refractivity contribution in [3.8, 4) is 84.3 Å². The van der Waals surface area contributed by atoms with E-state index in [0.29, 0.717) is 5.56 Å². The summed E-state index contributed by atoms with van der Waals surface area (Å²) in [6.45, 7) is 0. The maximum atomic E-state index is 9.36. The van der Waals surface area contributed by atoms with Crippen molar-refractivity contribution in [2.24, 2.45) is 0 Å². The molecule has 0 fully saturated rings. The summed E-state index contributed by atoms with van der Waals surface area (Å²) >= 11 is 0. The second-order valence-electron chi connectivity index (χ2n) is 16.6. The highest BCUT2D eigenvalue weighted by atomic mass is 14.7. The average Bonchev–Trinajstić information content (AvgIpc) is 3.40. The van der Waals surface area contributed by atoms with Crippen molar-refractivity contribution in [2.45, 2.75) is 25.7 Å². The van der Waals surface area contributed by atoms with Gasteiger partial charge in [0, 0.05) is 35.3 Å². The molecule has 10 aromatic rings. The monoisotopic (exact) mass is 846 g/mol. The van der Waals surface area contributed by atoms with Crippen LogP contribution in [0.3, 0.4) is 0 Å². The zero-order valence-corrected chi connectivity index (χ0v) is 36.6. The van der Waals surface area contributed by atoms with E-state index in [2.05, 4.69) is 168 Å². The zero-order chi connectivity index (χ0) is 44.5. The summed E-state index contributed by atoms with van der Waals surface area (Å²) in [6, 6.07) is 77.4. The minimum Gasteiger partial charge on any atom is -0.256 e. The number of hydrogen-bond donors (Lipinski definition) is 0. The number of benzene rings is 7. The van der Waals surface area contributed by atoms with Gasteiger partial charge < -0.3 is 0 Å². The van der Waals surface area contributed by atoms with Gasteiger partial charge in [0.15, 0.2) is 0 Å². The number of aryl methyl sites for hydroxylation is 4. The normalized spacial score (nSPS) is 11.0. The van der Waals surface area contributed by atoms with Crippen LogP contribution < -0.4 is 0 Å². The van der Waals surface area contributed by atoms with Crippen LogP contribution in [0.4, 0.5) is 0 Å². The lowest BCUT2D eigenvalue weighted by molar-refractivity contribution is 0.931. The summed E-state index contributed by atoms with van der Waals surface area (Å²) in [5, 5.41) is 9.36. The predicted octanol–water partition coefficient (Wildman–Crippen LogP) is 15.0. The lowest BCUT2D eigenvalue weighted by Crippen LogP contribution is -1.98. The largest absolute Gasteiger partial charge is 0.256 e. The van der Waals surface area contributed by atoms with Gasteiger partial charge in [-0.15, -0.1) is 0 Å². The fourth-order valence-corrected chi connectivity index (χ4v) is 8.80. The van der Waals surface area contributed by atoms with Crippen molar-refractivity contribution in [2.75, 3.05) is 0 Å². The Kier molecular flexibility index (Phi) is 12.2. The number of rotatable bonds is 13. The molecule has 0 saturated carbocycles. The molecule has 0 aliphatic carbocycles. The predicted molar refractivity (Wildman–Crippen MR) is 270 cm³/mol. The Labute approximate surface area is 387 Å². The van der Waals surface area contributed by atoms with Gasteiger partial charge in [-0.2, -0.15) is 5.26 Å². The van der Waals surface area contributed by atoms with Crippen LogP contribution in [0.15, 0.2) is 231 Å². The molecule has 4 nitrogen and oxygen atoms in total. The van der Waals surface area contributed by atoms with Gasteiger partial charge in [0.05, 0.1) is 28.7 Å². The Bertz CT molecular complexity index is 3140. The van der Waals surface area contributed by atoms with Crippen LogP contribution in [-0.2, 0) is 25.7 Å². The zero-order valence-electron chi connectivity index (χ0n) is 36.6. The minimum atomic E-state index is 0.654. The first-order valence-corrected chi connectivity index (χ1v) is 22.5. The topological polar surface area (TPSA) is 62.5 Å². The molecule has 7 aromatic carbocycles. The smallest absolute Gasteiger partial charge is 0.0991 e. The fourth-order valence-electron chi connectivity index (χ4n) is 8.80. The summed E-state index contributed by atoms with van der Waals surface area (Å²) in [7, 11) is 0. The molecule has 4 heteroatoms. The summed E-state index contributed by atoms with van der Waals surface area (Å²) < 4.78 is 0. The van der Waals surface area contributed by atoms with Gasteiger partial charge in [0.2, 0.25) is 0 Å². The Morgan fingerprint density at radius 3 is 1.20 bits per heavy atom. The van der Waals surface area contributed by atoms with Gasteiger partial charge in [-0.3, -0.25) is 15.0 Å². The summed E-state index contributed by atoms with van der Waals surface area (Å²) in [6.07, 6.45) is 9.24. The Hall–Kier alpha value is -8.52. The van der Waals surface area contributed by atoms with Crippen molar-refractivity contribution < 1.29 is 0 Å². The molecule has 0 saturated heterocycles. The van der Waals surface area contributed by atoms with Crippen LogP contribution in [-0.4, -0.2) is 15.0 Å². The van der Waals surface area contributed by atoms with E-state index in [1.165, 1.54) is 38.9 Å². The highest BCUT2D eigenvalue weighted by Gasteiger charge is 2.16. The first kappa shape index (κ1) is 41.5.